The molecule has 0 spiro atoms. The molecule has 0 bridgehead atoms. The second-order valence-corrected chi connectivity index (χ2v) is 4.89. The number of carbonyl (C=O) groups is 2. The largest absolute Gasteiger partial charge is 0.355 e. The van der Waals surface area contributed by atoms with Crippen LogP contribution in [0.2, 0.25) is 0 Å². The summed E-state index contributed by atoms with van der Waals surface area (Å²) >= 11 is 0. The van der Waals surface area contributed by atoms with E-state index in [4.69, 9.17) is 0 Å². The molecule has 1 aromatic carbocycles. The lowest BCUT2D eigenvalue weighted by Gasteiger charge is -2.27. The lowest BCUT2D eigenvalue weighted by atomic mass is 10.1. The van der Waals surface area contributed by atoms with E-state index in [-0.39, 0.29) is 24.2 Å². The maximum absolute atomic E-state index is 11.9. The van der Waals surface area contributed by atoms with E-state index < -0.39 is 0 Å². The van der Waals surface area contributed by atoms with Gasteiger partial charge in [0.2, 0.25) is 11.8 Å². The van der Waals surface area contributed by atoms with Crippen LogP contribution < -0.4 is 10.6 Å². The molecule has 21 heavy (non-hydrogen) atoms. The highest BCUT2D eigenvalue weighted by molar-refractivity contribution is 5.85. The van der Waals surface area contributed by atoms with Crippen molar-refractivity contribution in [1.82, 2.24) is 15.5 Å². The number of rotatable bonds is 5. The molecular weight excluding hydrogens is 290 g/mol. The van der Waals surface area contributed by atoms with E-state index >= 15 is 0 Å². The molecule has 1 aromatic rings. The smallest absolute Gasteiger partial charge is 0.224 e. The topological polar surface area (TPSA) is 61.4 Å². The summed E-state index contributed by atoms with van der Waals surface area (Å²) in [4.78, 5) is 25.5. The van der Waals surface area contributed by atoms with Crippen molar-refractivity contribution in [2.75, 3.05) is 32.7 Å². The molecule has 0 aliphatic carbocycles. The molecule has 1 heterocycles. The van der Waals surface area contributed by atoms with Crippen molar-refractivity contribution in [2.45, 2.75) is 12.8 Å². The Kier molecular flexibility index (Phi) is 7.79. The third kappa shape index (κ3) is 6.14. The molecule has 2 amide bonds. The Morgan fingerprint density at radius 3 is 2.48 bits per heavy atom. The van der Waals surface area contributed by atoms with Gasteiger partial charge in [-0.1, -0.05) is 30.3 Å². The van der Waals surface area contributed by atoms with Crippen LogP contribution >= 0.6 is 12.4 Å². The zero-order valence-electron chi connectivity index (χ0n) is 12.0. The average molecular weight is 312 g/mol. The van der Waals surface area contributed by atoms with Gasteiger partial charge in [-0.2, -0.15) is 0 Å². The molecule has 1 saturated heterocycles. The molecule has 2 rings (SSSR count). The lowest BCUT2D eigenvalue weighted by Crippen LogP contribution is -2.47. The second-order valence-electron chi connectivity index (χ2n) is 4.89. The molecule has 1 aliphatic heterocycles. The van der Waals surface area contributed by atoms with Crippen molar-refractivity contribution >= 4 is 24.2 Å². The van der Waals surface area contributed by atoms with Gasteiger partial charge in [-0.25, -0.2) is 0 Å². The van der Waals surface area contributed by atoms with E-state index in [9.17, 15) is 9.59 Å². The molecule has 6 heteroatoms. The number of halogens is 1. The molecule has 0 saturated carbocycles. The fraction of sp³-hybridized carbons (Fsp3) is 0.467. The van der Waals surface area contributed by atoms with Gasteiger partial charge in [-0.3, -0.25) is 9.59 Å². The molecule has 1 fully saturated rings. The summed E-state index contributed by atoms with van der Waals surface area (Å²) < 4.78 is 0. The molecular formula is C15H22ClN3O2. The summed E-state index contributed by atoms with van der Waals surface area (Å²) in [7, 11) is 0. The van der Waals surface area contributed by atoms with Crippen LogP contribution in [0.5, 0.6) is 0 Å². The minimum absolute atomic E-state index is 0. The second kappa shape index (κ2) is 9.37. The highest BCUT2D eigenvalue weighted by Gasteiger charge is 2.15. The van der Waals surface area contributed by atoms with E-state index in [0.29, 0.717) is 19.4 Å². The van der Waals surface area contributed by atoms with Crippen LogP contribution in [0.25, 0.3) is 0 Å². The first-order valence-corrected chi connectivity index (χ1v) is 7.05. The first-order chi connectivity index (χ1) is 9.75. The monoisotopic (exact) mass is 311 g/mol. The summed E-state index contributed by atoms with van der Waals surface area (Å²) in [6.07, 6.45) is 0.739. The van der Waals surface area contributed by atoms with Crippen molar-refractivity contribution in [3.8, 4) is 0 Å². The van der Waals surface area contributed by atoms with Gasteiger partial charge in [0, 0.05) is 39.1 Å². The number of nitrogens with zero attached hydrogens (tertiary/aromatic N) is 1. The quantitative estimate of drug-likeness (QED) is 0.836. The summed E-state index contributed by atoms with van der Waals surface area (Å²) in [5.74, 6) is 0.0795. The first-order valence-electron chi connectivity index (χ1n) is 7.05. The van der Waals surface area contributed by atoms with E-state index in [2.05, 4.69) is 10.6 Å². The fourth-order valence-electron chi connectivity index (χ4n) is 2.22. The van der Waals surface area contributed by atoms with E-state index in [1.165, 1.54) is 0 Å². The van der Waals surface area contributed by atoms with Crippen LogP contribution in [0.3, 0.4) is 0 Å². The number of piperazine rings is 1. The van der Waals surface area contributed by atoms with Crippen LogP contribution in [0.4, 0.5) is 0 Å². The Balaban J connectivity index is 0.00000220. The number of benzene rings is 1. The van der Waals surface area contributed by atoms with Gasteiger partial charge >= 0.3 is 0 Å². The van der Waals surface area contributed by atoms with Gasteiger partial charge in [-0.15, -0.1) is 12.4 Å². The Hall–Kier alpha value is -1.59. The predicted octanol–water partition coefficient (Wildman–Crippen LogP) is 0.589. The highest BCUT2D eigenvalue weighted by atomic mass is 35.5. The van der Waals surface area contributed by atoms with Gasteiger partial charge in [0.1, 0.15) is 0 Å². The number of nitrogens with one attached hydrogen (secondary N) is 2. The summed E-state index contributed by atoms with van der Waals surface area (Å²) in [5.41, 5.74) is 0.985. The normalized spacial score (nSPS) is 14.2. The van der Waals surface area contributed by atoms with E-state index in [0.717, 1.165) is 31.7 Å². The fourth-order valence-corrected chi connectivity index (χ4v) is 2.22. The summed E-state index contributed by atoms with van der Waals surface area (Å²) in [6.45, 7) is 3.64. The highest BCUT2D eigenvalue weighted by Crippen LogP contribution is 2.00. The molecule has 116 valence electrons. The average Bonchev–Trinajstić information content (AvgIpc) is 2.49. The SMILES string of the molecule is Cl.O=C(Cc1ccccc1)NCCC(=O)N1CCNCC1. The van der Waals surface area contributed by atoms with Crippen LogP contribution in [-0.4, -0.2) is 49.4 Å². The lowest BCUT2D eigenvalue weighted by molar-refractivity contribution is -0.131. The standard InChI is InChI=1S/C15H21N3O2.ClH/c19-14(12-13-4-2-1-3-5-13)17-7-6-15(20)18-10-8-16-9-11-18;/h1-5,16H,6-12H2,(H,17,19);1H. The minimum atomic E-state index is -0.0377. The van der Waals surface area contributed by atoms with Crippen LogP contribution in [0, 0.1) is 0 Å². The molecule has 1 aliphatic rings. The summed E-state index contributed by atoms with van der Waals surface area (Å²) in [5, 5.41) is 6.01. The first kappa shape index (κ1) is 17.5. The van der Waals surface area contributed by atoms with Crippen LogP contribution in [-0.2, 0) is 16.0 Å². The van der Waals surface area contributed by atoms with E-state index in [1.807, 2.05) is 35.2 Å². The Labute approximate surface area is 131 Å². The Morgan fingerprint density at radius 1 is 1.14 bits per heavy atom. The van der Waals surface area contributed by atoms with Crippen LogP contribution in [0.1, 0.15) is 12.0 Å². The molecule has 5 nitrogen and oxygen atoms in total. The number of amides is 2. The zero-order chi connectivity index (χ0) is 14.2. The van der Waals surface area contributed by atoms with Crippen molar-refractivity contribution in [2.24, 2.45) is 0 Å². The van der Waals surface area contributed by atoms with Gasteiger partial charge < -0.3 is 15.5 Å². The molecule has 0 radical (unpaired) electrons. The van der Waals surface area contributed by atoms with Gasteiger partial charge in [0.15, 0.2) is 0 Å². The molecule has 2 N–H and O–H groups in total. The maximum Gasteiger partial charge on any atom is 0.224 e. The Bertz CT molecular complexity index is 447. The van der Waals surface area contributed by atoms with Crippen molar-refractivity contribution < 1.29 is 9.59 Å². The number of carbonyl (C=O) groups excluding carboxylic acids is 2. The van der Waals surface area contributed by atoms with E-state index in [1.54, 1.807) is 0 Å². The third-order valence-corrected chi connectivity index (χ3v) is 3.34. The van der Waals surface area contributed by atoms with Gasteiger partial charge in [-0.05, 0) is 5.56 Å². The summed E-state index contributed by atoms with van der Waals surface area (Å²) in [6, 6.07) is 9.59. The minimum Gasteiger partial charge on any atom is -0.355 e. The zero-order valence-corrected chi connectivity index (χ0v) is 12.8. The van der Waals surface area contributed by atoms with Crippen LogP contribution in [0.15, 0.2) is 30.3 Å². The number of hydrogen-bond donors (Lipinski definition) is 2. The molecule has 0 atom stereocenters. The Morgan fingerprint density at radius 2 is 1.81 bits per heavy atom. The predicted molar refractivity (Wildman–Crippen MR) is 84.5 cm³/mol. The molecule has 0 unspecified atom stereocenters. The molecule has 0 aromatic heterocycles. The van der Waals surface area contributed by atoms with Crippen molar-refractivity contribution in [3.63, 3.8) is 0 Å². The van der Waals surface area contributed by atoms with Crippen molar-refractivity contribution in [3.05, 3.63) is 35.9 Å². The maximum atomic E-state index is 11.9. The number of hydrogen-bond acceptors (Lipinski definition) is 3. The van der Waals surface area contributed by atoms with Gasteiger partial charge in [0.05, 0.1) is 6.42 Å². The van der Waals surface area contributed by atoms with Crippen molar-refractivity contribution in [1.29, 1.82) is 0 Å². The third-order valence-electron chi connectivity index (χ3n) is 3.34. The van der Waals surface area contributed by atoms with Gasteiger partial charge in [0.25, 0.3) is 0 Å².